The Bertz CT molecular complexity index is 823. The van der Waals surface area contributed by atoms with E-state index in [1.54, 1.807) is 39.0 Å². The molecule has 2 heterocycles. The van der Waals surface area contributed by atoms with Crippen molar-refractivity contribution in [3.63, 3.8) is 0 Å². The molecule has 25 heavy (non-hydrogen) atoms. The second-order valence-corrected chi connectivity index (χ2v) is 5.57. The number of carbonyl (C=O) groups is 2. The Kier molecular flexibility index (Phi) is 4.65. The summed E-state index contributed by atoms with van der Waals surface area (Å²) in [5.41, 5.74) is 1.78. The fourth-order valence-corrected chi connectivity index (χ4v) is 2.78. The number of nitrogens with one attached hydrogen (secondary N) is 1. The molecule has 0 saturated carbocycles. The predicted molar refractivity (Wildman–Crippen MR) is 88.6 cm³/mol. The van der Waals surface area contributed by atoms with Crippen LogP contribution in [0.2, 0.25) is 0 Å². The molecule has 3 rings (SSSR count). The van der Waals surface area contributed by atoms with Gasteiger partial charge in [0, 0.05) is 17.5 Å². The van der Waals surface area contributed by atoms with Crippen molar-refractivity contribution in [2.45, 2.75) is 20.8 Å². The van der Waals surface area contributed by atoms with Crippen molar-refractivity contribution in [1.29, 1.82) is 0 Å². The van der Waals surface area contributed by atoms with E-state index in [9.17, 15) is 9.59 Å². The van der Waals surface area contributed by atoms with Crippen molar-refractivity contribution in [1.82, 2.24) is 4.98 Å². The average Bonchev–Trinajstić information content (AvgIpc) is 3.15. The number of benzene rings is 1. The van der Waals surface area contributed by atoms with Crippen molar-refractivity contribution >= 4 is 11.8 Å². The zero-order valence-corrected chi connectivity index (χ0v) is 14.3. The largest absolute Gasteiger partial charge is 0.485 e. The van der Waals surface area contributed by atoms with Gasteiger partial charge in [0.1, 0.15) is 5.75 Å². The standard InChI is InChI=1S/C18H19NO6/c1-4-22-18(21)17-11(3)19-10(2)16(17)13(20)8-23-12-5-6-14-15(7-12)25-9-24-14/h5-7,19H,4,8-9H2,1-3H3. The van der Waals surface area contributed by atoms with Crippen molar-refractivity contribution in [3.8, 4) is 17.2 Å². The van der Waals surface area contributed by atoms with Crippen LogP contribution in [0, 0.1) is 13.8 Å². The maximum absolute atomic E-state index is 12.6. The minimum Gasteiger partial charge on any atom is -0.485 e. The quantitative estimate of drug-likeness (QED) is 0.640. The van der Waals surface area contributed by atoms with Gasteiger partial charge in [0.2, 0.25) is 12.6 Å². The molecule has 0 bridgehead atoms. The summed E-state index contributed by atoms with van der Waals surface area (Å²) in [5, 5.41) is 0. The van der Waals surface area contributed by atoms with Gasteiger partial charge < -0.3 is 23.9 Å². The zero-order chi connectivity index (χ0) is 18.0. The number of esters is 1. The first-order valence-corrected chi connectivity index (χ1v) is 7.93. The van der Waals surface area contributed by atoms with E-state index in [0.717, 1.165) is 0 Å². The molecule has 1 aromatic heterocycles. The van der Waals surface area contributed by atoms with Crippen molar-refractivity contribution in [3.05, 3.63) is 40.7 Å². The highest BCUT2D eigenvalue weighted by Crippen LogP contribution is 2.35. The number of Topliss-reactive ketones (excluding diaryl/α,β-unsaturated/α-hetero) is 1. The van der Waals surface area contributed by atoms with Gasteiger partial charge in [-0.2, -0.15) is 0 Å². The number of aryl methyl sites for hydroxylation is 2. The Morgan fingerprint density at radius 2 is 1.84 bits per heavy atom. The Morgan fingerprint density at radius 1 is 1.12 bits per heavy atom. The molecule has 0 atom stereocenters. The third-order valence-electron chi connectivity index (χ3n) is 3.85. The van der Waals surface area contributed by atoms with E-state index in [2.05, 4.69) is 4.98 Å². The summed E-state index contributed by atoms with van der Waals surface area (Å²) in [4.78, 5) is 27.8. The number of rotatable bonds is 6. The fraction of sp³-hybridized carbons (Fsp3) is 0.333. The predicted octanol–water partition coefficient (Wildman–Crippen LogP) is 2.80. The van der Waals surface area contributed by atoms with Gasteiger partial charge in [0.05, 0.1) is 17.7 Å². The van der Waals surface area contributed by atoms with E-state index >= 15 is 0 Å². The van der Waals surface area contributed by atoms with Gasteiger partial charge in [0.15, 0.2) is 18.1 Å². The van der Waals surface area contributed by atoms with Crippen LogP contribution in [0.3, 0.4) is 0 Å². The molecule has 1 N–H and O–H groups in total. The minimum atomic E-state index is -0.518. The molecule has 0 aliphatic carbocycles. The van der Waals surface area contributed by atoms with E-state index in [4.69, 9.17) is 18.9 Å². The molecule has 7 nitrogen and oxygen atoms in total. The average molecular weight is 345 g/mol. The lowest BCUT2D eigenvalue weighted by atomic mass is 10.1. The lowest BCUT2D eigenvalue weighted by molar-refractivity contribution is 0.0522. The van der Waals surface area contributed by atoms with Crippen LogP contribution in [0.4, 0.5) is 0 Å². The van der Waals surface area contributed by atoms with E-state index in [1.165, 1.54) is 0 Å². The van der Waals surface area contributed by atoms with Crippen LogP contribution in [0.15, 0.2) is 18.2 Å². The van der Waals surface area contributed by atoms with Crippen LogP contribution in [0.1, 0.15) is 39.0 Å². The molecule has 0 saturated heterocycles. The second kappa shape index (κ2) is 6.88. The SMILES string of the molecule is CCOC(=O)c1c(C)[nH]c(C)c1C(=O)COc1ccc2c(c1)OCO2. The maximum Gasteiger partial charge on any atom is 0.340 e. The monoisotopic (exact) mass is 345 g/mol. The molecule has 0 fully saturated rings. The molecule has 0 amide bonds. The maximum atomic E-state index is 12.6. The van der Waals surface area contributed by atoms with Crippen LogP contribution in [-0.2, 0) is 4.74 Å². The van der Waals surface area contributed by atoms with Crippen molar-refractivity contribution in [2.75, 3.05) is 20.0 Å². The number of H-pyrrole nitrogens is 1. The Morgan fingerprint density at radius 3 is 2.60 bits per heavy atom. The summed E-state index contributed by atoms with van der Waals surface area (Å²) >= 11 is 0. The summed E-state index contributed by atoms with van der Waals surface area (Å²) in [5.74, 6) is 0.879. The number of fused-ring (bicyclic) bond motifs is 1. The highest BCUT2D eigenvalue weighted by atomic mass is 16.7. The highest BCUT2D eigenvalue weighted by Gasteiger charge is 2.25. The number of hydrogen-bond acceptors (Lipinski definition) is 6. The first-order chi connectivity index (χ1) is 12.0. The van der Waals surface area contributed by atoms with Crippen LogP contribution in [0.5, 0.6) is 17.2 Å². The topological polar surface area (TPSA) is 86.9 Å². The van der Waals surface area contributed by atoms with E-state index in [-0.39, 0.29) is 31.4 Å². The number of ether oxygens (including phenoxy) is 4. The smallest absolute Gasteiger partial charge is 0.340 e. The number of aromatic amines is 1. The van der Waals surface area contributed by atoms with Gasteiger partial charge in [-0.05, 0) is 32.9 Å². The first-order valence-electron chi connectivity index (χ1n) is 7.93. The lowest BCUT2D eigenvalue weighted by Gasteiger charge is -2.08. The summed E-state index contributed by atoms with van der Waals surface area (Å²) in [7, 11) is 0. The number of carbonyl (C=O) groups excluding carboxylic acids is 2. The van der Waals surface area contributed by atoms with Crippen molar-refractivity contribution in [2.24, 2.45) is 0 Å². The lowest BCUT2D eigenvalue weighted by Crippen LogP contribution is -2.17. The molecule has 1 aliphatic rings. The Hall–Kier alpha value is -2.96. The summed E-state index contributed by atoms with van der Waals surface area (Å²) in [6, 6.07) is 5.08. The number of hydrogen-bond donors (Lipinski definition) is 1. The van der Waals surface area contributed by atoms with Crippen LogP contribution in [0.25, 0.3) is 0 Å². The molecule has 0 unspecified atom stereocenters. The second-order valence-electron chi connectivity index (χ2n) is 5.57. The van der Waals surface area contributed by atoms with E-state index < -0.39 is 5.97 Å². The molecule has 1 aliphatic heterocycles. The van der Waals surface area contributed by atoms with Gasteiger partial charge in [-0.25, -0.2) is 4.79 Å². The molecular weight excluding hydrogens is 326 g/mol. The summed E-state index contributed by atoms with van der Waals surface area (Å²) in [6.45, 7) is 5.39. The third-order valence-corrected chi connectivity index (χ3v) is 3.85. The first kappa shape index (κ1) is 16.9. The molecule has 0 radical (unpaired) electrons. The van der Waals surface area contributed by atoms with Gasteiger partial charge in [-0.3, -0.25) is 4.79 Å². The Balaban J connectivity index is 1.76. The number of ketones is 1. The normalized spacial score (nSPS) is 12.1. The number of aromatic nitrogens is 1. The van der Waals surface area contributed by atoms with E-state index in [0.29, 0.717) is 34.2 Å². The van der Waals surface area contributed by atoms with Crippen molar-refractivity contribution < 1.29 is 28.5 Å². The minimum absolute atomic E-state index is 0.169. The zero-order valence-electron chi connectivity index (χ0n) is 14.3. The van der Waals surface area contributed by atoms with Gasteiger partial charge >= 0.3 is 5.97 Å². The summed E-state index contributed by atoms with van der Waals surface area (Å²) < 4.78 is 21.1. The van der Waals surface area contributed by atoms with Gasteiger partial charge in [-0.1, -0.05) is 0 Å². The fourth-order valence-electron chi connectivity index (χ4n) is 2.78. The van der Waals surface area contributed by atoms with Crippen LogP contribution in [-0.4, -0.2) is 36.7 Å². The molecule has 7 heteroatoms. The highest BCUT2D eigenvalue weighted by molar-refractivity contribution is 6.08. The molecule has 1 aromatic carbocycles. The van der Waals surface area contributed by atoms with E-state index in [1.807, 2.05) is 0 Å². The van der Waals surface area contributed by atoms with Gasteiger partial charge in [-0.15, -0.1) is 0 Å². The Labute approximate surface area is 144 Å². The van der Waals surface area contributed by atoms with Crippen LogP contribution < -0.4 is 14.2 Å². The summed E-state index contributed by atoms with van der Waals surface area (Å²) in [6.07, 6.45) is 0. The molecule has 132 valence electrons. The molecule has 0 spiro atoms. The van der Waals surface area contributed by atoms with Crippen LogP contribution >= 0.6 is 0 Å². The van der Waals surface area contributed by atoms with Gasteiger partial charge in [0.25, 0.3) is 0 Å². The third kappa shape index (κ3) is 3.31. The molecule has 2 aromatic rings. The molecular formula is C18H19NO6.